The predicted molar refractivity (Wildman–Crippen MR) is 117 cm³/mol. The molecule has 0 aromatic carbocycles. The van der Waals surface area contributed by atoms with Crippen LogP contribution in [0.5, 0.6) is 0 Å². The number of fused-ring (bicyclic) bond motifs is 4. The zero-order valence-electron chi connectivity index (χ0n) is 19.4. The van der Waals surface area contributed by atoms with Gasteiger partial charge in [0.1, 0.15) is 5.60 Å². The highest BCUT2D eigenvalue weighted by atomic mass is 16.6. The van der Waals surface area contributed by atoms with Crippen LogP contribution in [-0.4, -0.2) is 11.7 Å². The van der Waals surface area contributed by atoms with E-state index in [9.17, 15) is 0 Å². The molecule has 0 aromatic rings. The average Bonchev–Trinajstić information content (AvgIpc) is 3.26. The Morgan fingerprint density at radius 3 is 2.46 bits per heavy atom. The van der Waals surface area contributed by atoms with Crippen LogP contribution in [0.1, 0.15) is 112 Å². The molecular formula is C27H46O. The fourth-order valence-electron chi connectivity index (χ4n) is 9.77. The second-order valence-corrected chi connectivity index (χ2v) is 12.8. The molecule has 1 aliphatic heterocycles. The highest BCUT2D eigenvalue weighted by Crippen LogP contribution is 2.73. The van der Waals surface area contributed by atoms with Gasteiger partial charge >= 0.3 is 0 Å². The Morgan fingerprint density at radius 2 is 1.68 bits per heavy atom. The summed E-state index contributed by atoms with van der Waals surface area (Å²) in [5.74, 6) is 5.77. The predicted octanol–water partition coefficient (Wildman–Crippen LogP) is 7.63. The minimum atomic E-state index is 0.322. The van der Waals surface area contributed by atoms with E-state index in [1.54, 1.807) is 0 Å². The molecule has 160 valence electrons. The topological polar surface area (TPSA) is 12.5 Å². The molecule has 1 heterocycles. The second kappa shape index (κ2) is 6.73. The van der Waals surface area contributed by atoms with Crippen LogP contribution in [0.25, 0.3) is 0 Å². The van der Waals surface area contributed by atoms with Crippen LogP contribution in [0, 0.1) is 46.3 Å². The van der Waals surface area contributed by atoms with Gasteiger partial charge in [0.25, 0.3) is 0 Å². The lowest BCUT2D eigenvalue weighted by Gasteiger charge is -2.60. The summed E-state index contributed by atoms with van der Waals surface area (Å²) in [5, 5.41) is 0. The zero-order valence-corrected chi connectivity index (χ0v) is 19.4. The quantitative estimate of drug-likeness (QED) is 0.442. The van der Waals surface area contributed by atoms with E-state index in [1.165, 1.54) is 77.0 Å². The Balaban J connectivity index is 1.32. The van der Waals surface area contributed by atoms with Crippen molar-refractivity contribution in [3.8, 4) is 0 Å². The summed E-state index contributed by atoms with van der Waals surface area (Å²) in [6.07, 6.45) is 18.1. The molecule has 0 bridgehead atoms. The van der Waals surface area contributed by atoms with Crippen LogP contribution < -0.4 is 0 Å². The van der Waals surface area contributed by atoms with Crippen LogP contribution in [0.3, 0.4) is 0 Å². The Bertz CT molecular complexity index is 597. The van der Waals surface area contributed by atoms with E-state index in [0.717, 1.165) is 35.5 Å². The van der Waals surface area contributed by atoms with Crippen molar-refractivity contribution in [2.24, 2.45) is 46.3 Å². The Hall–Kier alpha value is -0.0400. The molecule has 0 radical (unpaired) electrons. The number of ether oxygens (including phenoxy) is 1. The average molecular weight is 387 g/mol. The van der Waals surface area contributed by atoms with Crippen LogP contribution in [0.2, 0.25) is 0 Å². The van der Waals surface area contributed by atoms with Gasteiger partial charge in [-0.1, -0.05) is 60.3 Å². The molecule has 1 heteroatoms. The summed E-state index contributed by atoms with van der Waals surface area (Å²) < 4.78 is 6.48. The normalized spacial score (nSPS) is 53.1. The van der Waals surface area contributed by atoms with Crippen LogP contribution in [0.4, 0.5) is 0 Å². The summed E-state index contributed by atoms with van der Waals surface area (Å²) in [7, 11) is 0. The minimum Gasteiger partial charge on any atom is -0.365 e. The van der Waals surface area contributed by atoms with Crippen molar-refractivity contribution < 1.29 is 4.74 Å². The molecule has 5 fully saturated rings. The molecule has 5 rings (SSSR count). The number of hydrogen-bond acceptors (Lipinski definition) is 1. The van der Waals surface area contributed by atoms with E-state index < -0.39 is 0 Å². The van der Waals surface area contributed by atoms with Gasteiger partial charge in [-0.15, -0.1) is 0 Å². The maximum atomic E-state index is 6.48. The van der Waals surface area contributed by atoms with Gasteiger partial charge in [0.15, 0.2) is 0 Å². The van der Waals surface area contributed by atoms with Crippen molar-refractivity contribution in [3.63, 3.8) is 0 Å². The first-order valence-corrected chi connectivity index (χ1v) is 13.0. The van der Waals surface area contributed by atoms with Crippen LogP contribution in [-0.2, 0) is 4.74 Å². The molecule has 1 saturated heterocycles. The maximum Gasteiger partial charge on any atom is 0.100 e. The highest BCUT2D eigenvalue weighted by Gasteiger charge is 2.73. The van der Waals surface area contributed by atoms with Crippen LogP contribution >= 0.6 is 0 Å². The first-order chi connectivity index (χ1) is 13.3. The van der Waals surface area contributed by atoms with Gasteiger partial charge in [-0.3, -0.25) is 0 Å². The summed E-state index contributed by atoms with van der Waals surface area (Å²) in [5.41, 5.74) is 1.46. The molecule has 1 nitrogen and oxygen atoms in total. The maximum absolute atomic E-state index is 6.48. The van der Waals surface area contributed by atoms with Crippen molar-refractivity contribution in [2.45, 2.75) is 123 Å². The molecule has 0 aromatic heterocycles. The zero-order chi connectivity index (χ0) is 19.7. The second-order valence-electron chi connectivity index (χ2n) is 12.8. The fraction of sp³-hybridized carbons (Fsp3) is 1.00. The van der Waals surface area contributed by atoms with Crippen molar-refractivity contribution in [1.82, 2.24) is 0 Å². The van der Waals surface area contributed by atoms with Crippen molar-refractivity contribution in [3.05, 3.63) is 0 Å². The standard InChI is InChI=1S/C27H46O/c1-18(2)8-6-9-19(3)21-11-12-22-20-13-17-27-24(28-27)10-7-15-26(27,5)23(20)14-16-25(21,22)4/h18-24H,6-17H2,1-5H3/t19-,20-,21+,22-,23-,24+,25+,26+,27+/m0/s1. The van der Waals surface area contributed by atoms with E-state index in [2.05, 4.69) is 34.6 Å². The molecule has 0 N–H and O–H groups in total. The summed E-state index contributed by atoms with van der Waals surface area (Å²) in [6, 6.07) is 0. The largest absolute Gasteiger partial charge is 0.365 e. The first kappa shape index (κ1) is 19.9. The van der Waals surface area contributed by atoms with Gasteiger partial charge in [0.05, 0.1) is 6.10 Å². The van der Waals surface area contributed by atoms with Gasteiger partial charge in [0, 0.05) is 5.41 Å². The number of epoxide rings is 1. The lowest BCUT2D eigenvalue weighted by molar-refractivity contribution is -0.115. The molecule has 4 saturated carbocycles. The monoisotopic (exact) mass is 386 g/mol. The van der Waals surface area contributed by atoms with Crippen molar-refractivity contribution in [1.29, 1.82) is 0 Å². The SMILES string of the molecule is CC(C)CCC[C@H](C)[C@H]1CC[C@H]2[C@@H]3CC[C@@]45O[C@@H]4CCC[C@]5(C)[C@H]3CC[C@]12C. The number of hydrogen-bond donors (Lipinski definition) is 0. The molecule has 4 aliphatic carbocycles. The van der Waals surface area contributed by atoms with Gasteiger partial charge in [-0.2, -0.15) is 0 Å². The van der Waals surface area contributed by atoms with Gasteiger partial charge in [-0.05, 0) is 92.3 Å². The third-order valence-electron chi connectivity index (χ3n) is 11.3. The molecular weight excluding hydrogens is 340 g/mol. The summed E-state index contributed by atoms with van der Waals surface area (Å²) in [6.45, 7) is 12.8. The van der Waals surface area contributed by atoms with Crippen molar-refractivity contribution in [2.75, 3.05) is 0 Å². The van der Waals surface area contributed by atoms with E-state index in [-0.39, 0.29) is 0 Å². The van der Waals surface area contributed by atoms with Gasteiger partial charge < -0.3 is 4.74 Å². The van der Waals surface area contributed by atoms with Crippen molar-refractivity contribution >= 4 is 0 Å². The third kappa shape index (κ3) is 2.66. The molecule has 28 heavy (non-hydrogen) atoms. The minimum absolute atomic E-state index is 0.322. The summed E-state index contributed by atoms with van der Waals surface area (Å²) in [4.78, 5) is 0. The molecule has 0 amide bonds. The Morgan fingerprint density at radius 1 is 0.857 bits per heavy atom. The smallest absolute Gasteiger partial charge is 0.100 e. The lowest BCUT2D eigenvalue weighted by atomic mass is 9.44. The first-order valence-electron chi connectivity index (χ1n) is 13.0. The van der Waals surface area contributed by atoms with Gasteiger partial charge in [-0.25, -0.2) is 0 Å². The summed E-state index contributed by atoms with van der Waals surface area (Å²) >= 11 is 0. The highest BCUT2D eigenvalue weighted by molar-refractivity contribution is 5.22. The van der Waals surface area contributed by atoms with E-state index in [4.69, 9.17) is 4.74 Å². The van der Waals surface area contributed by atoms with E-state index >= 15 is 0 Å². The number of rotatable bonds is 5. The van der Waals surface area contributed by atoms with Gasteiger partial charge in [0.2, 0.25) is 0 Å². The molecule has 5 aliphatic rings. The van der Waals surface area contributed by atoms with E-state index in [0.29, 0.717) is 22.5 Å². The fourth-order valence-corrected chi connectivity index (χ4v) is 9.77. The third-order valence-corrected chi connectivity index (χ3v) is 11.3. The molecule has 1 spiro atoms. The Labute approximate surface area is 174 Å². The van der Waals surface area contributed by atoms with Crippen LogP contribution in [0.15, 0.2) is 0 Å². The van der Waals surface area contributed by atoms with E-state index in [1.807, 2.05) is 0 Å². The lowest BCUT2D eigenvalue weighted by Crippen LogP contribution is -2.57. The molecule has 9 atom stereocenters. The molecule has 0 unspecified atom stereocenters. The Kier molecular flexibility index (Phi) is 4.78.